The van der Waals surface area contributed by atoms with Crippen molar-refractivity contribution in [1.29, 1.82) is 0 Å². The van der Waals surface area contributed by atoms with E-state index in [2.05, 4.69) is 25.6 Å². The number of amides is 1. The number of halogens is 1. The van der Waals surface area contributed by atoms with Crippen LogP contribution in [0.2, 0.25) is 5.02 Å². The van der Waals surface area contributed by atoms with Crippen LogP contribution in [0.5, 0.6) is 0 Å². The molecule has 21 heavy (non-hydrogen) atoms. The van der Waals surface area contributed by atoms with Crippen molar-refractivity contribution < 1.29 is 4.79 Å². The van der Waals surface area contributed by atoms with E-state index in [0.717, 1.165) is 5.56 Å². The molecule has 0 unspecified atom stereocenters. The molecule has 0 atom stereocenters. The molecule has 1 amide bonds. The molecule has 3 aromatic rings. The van der Waals surface area contributed by atoms with Crippen LogP contribution in [0.3, 0.4) is 0 Å². The van der Waals surface area contributed by atoms with Gasteiger partial charge in [0, 0.05) is 10.6 Å². The Morgan fingerprint density at radius 1 is 1.38 bits per heavy atom. The first-order valence-electron chi connectivity index (χ1n) is 5.92. The number of rotatable bonds is 4. The van der Waals surface area contributed by atoms with Crippen LogP contribution in [-0.4, -0.2) is 30.9 Å². The minimum atomic E-state index is -0.241. The van der Waals surface area contributed by atoms with Gasteiger partial charge in [-0.2, -0.15) is 5.10 Å². The summed E-state index contributed by atoms with van der Waals surface area (Å²) < 4.78 is 1.42. The van der Waals surface area contributed by atoms with Gasteiger partial charge in [-0.15, -0.1) is 10.2 Å². The van der Waals surface area contributed by atoms with Crippen LogP contribution < -0.4 is 5.32 Å². The Morgan fingerprint density at radius 3 is 3.05 bits per heavy atom. The molecular formula is C12H9ClN6OS. The van der Waals surface area contributed by atoms with Crippen molar-refractivity contribution in [3.05, 3.63) is 41.9 Å². The molecule has 1 N–H and O–H groups in total. The molecule has 2 heterocycles. The number of anilines is 1. The van der Waals surface area contributed by atoms with Gasteiger partial charge in [0.2, 0.25) is 11.0 Å². The van der Waals surface area contributed by atoms with Gasteiger partial charge in [0.15, 0.2) is 0 Å². The summed E-state index contributed by atoms with van der Waals surface area (Å²) in [6.45, 7) is 0.0755. The lowest BCUT2D eigenvalue weighted by molar-refractivity contribution is -0.116. The lowest BCUT2D eigenvalue weighted by atomic mass is 10.2. The van der Waals surface area contributed by atoms with Crippen molar-refractivity contribution in [3.8, 4) is 10.6 Å². The van der Waals surface area contributed by atoms with E-state index in [4.69, 9.17) is 11.6 Å². The van der Waals surface area contributed by atoms with Gasteiger partial charge in [-0.3, -0.25) is 10.1 Å². The van der Waals surface area contributed by atoms with Gasteiger partial charge in [-0.25, -0.2) is 9.67 Å². The zero-order valence-corrected chi connectivity index (χ0v) is 12.2. The van der Waals surface area contributed by atoms with Gasteiger partial charge in [0.1, 0.15) is 24.2 Å². The third kappa shape index (κ3) is 3.41. The molecule has 2 aromatic heterocycles. The van der Waals surface area contributed by atoms with E-state index >= 15 is 0 Å². The lowest BCUT2D eigenvalue weighted by Crippen LogP contribution is -2.18. The van der Waals surface area contributed by atoms with Crippen LogP contribution in [0, 0.1) is 0 Å². The standard InChI is InChI=1S/C12H9ClN6OS/c13-9-3-1-2-8(4-9)11-17-18-12(21-11)16-10(20)5-19-7-14-6-15-19/h1-4,6-7H,5H2,(H,16,18,20). The summed E-state index contributed by atoms with van der Waals surface area (Å²) in [7, 11) is 0. The summed E-state index contributed by atoms with van der Waals surface area (Å²) in [5, 5.41) is 16.2. The van der Waals surface area contributed by atoms with E-state index < -0.39 is 0 Å². The molecule has 1 aromatic carbocycles. The number of nitrogens with zero attached hydrogens (tertiary/aromatic N) is 5. The summed E-state index contributed by atoms with van der Waals surface area (Å²) in [5.41, 5.74) is 0.858. The quantitative estimate of drug-likeness (QED) is 0.795. The molecule has 0 saturated carbocycles. The SMILES string of the molecule is O=C(Cn1cncn1)Nc1nnc(-c2cccc(Cl)c2)s1. The lowest BCUT2D eigenvalue weighted by Gasteiger charge is -2.00. The molecule has 7 nitrogen and oxygen atoms in total. The number of nitrogens with one attached hydrogen (secondary N) is 1. The predicted molar refractivity (Wildman–Crippen MR) is 79.0 cm³/mol. The van der Waals surface area contributed by atoms with Gasteiger partial charge in [-0.05, 0) is 12.1 Å². The van der Waals surface area contributed by atoms with E-state index in [9.17, 15) is 4.79 Å². The fourth-order valence-corrected chi connectivity index (χ4v) is 2.58. The molecular weight excluding hydrogens is 312 g/mol. The summed E-state index contributed by atoms with van der Waals surface area (Å²) in [6, 6.07) is 7.30. The van der Waals surface area contributed by atoms with Crippen molar-refractivity contribution in [2.24, 2.45) is 0 Å². The summed E-state index contributed by atoms with van der Waals surface area (Å²) in [4.78, 5) is 15.6. The average molecular weight is 321 g/mol. The fraction of sp³-hybridized carbons (Fsp3) is 0.0833. The van der Waals surface area contributed by atoms with Gasteiger partial charge < -0.3 is 0 Å². The van der Waals surface area contributed by atoms with E-state index in [1.807, 2.05) is 12.1 Å². The predicted octanol–water partition coefficient (Wildman–Crippen LogP) is 2.09. The highest BCUT2D eigenvalue weighted by Gasteiger charge is 2.10. The maximum absolute atomic E-state index is 11.8. The first-order chi connectivity index (χ1) is 10.2. The smallest absolute Gasteiger partial charge is 0.247 e. The molecule has 0 fully saturated rings. The summed E-state index contributed by atoms with van der Waals surface area (Å²) in [5.74, 6) is -0.241. The third-order valence-corrected chi connectivity index (χ3v) is 3.64. The number of hydrogen-bond acceptors (Lipinski definition) is 6. The number of hydrogen-bond donors (Lipinski definition) is 1. The molecule has 0 radical (unpaired) electrons. The Bertz CT molecular complexity index is 757. The van der Waals surface area contributed by atoms with E-state index in [1.165, 1.54) is 28.7 Å². The molecule has 3 rings (SSSR count). The maximum Gasteiger partial charge on any atom is 0.247 e. The second kappa shape index (κ2) is 5.98. The Balaban J connectivity index is 1.69. The van der Waals surface area contributed by atoms with Crippen molar-refractivity contribution >= 4 is 34.0 Å². The minimum Gasteiger partial charge on any atom is -0.299 e. The van der Waals surface area contributed by atoms with Crippen molar-refractivity contribution in [2.45, 2.75) is 6.54 Å². The highest BCUT2D eigenvalue weighted by molar-refractivity contribution is 7.18. The molecule has 0 aliphatic heterocycles. The monoisotopic (exact) mass is 320 g/mol. The van der Waals surface area contributed by atoms with Gasteiger partial charge >= 0.3 is 0 Å². The zero-order valence-electron chi connectivity index (χ0n) is 10.6. The number of aromatic nitrogens is 5. The Hall–Kier alpha value is -2.32. The summed E-state index contributed by atoms with van der Waals surface area (Å²) >= 11 is 7.21. The first kappa shape index (κ1) is 13.7. The van der Waals surface area contributed by atoms with Crippen LogP contribution in [0.15, 0.2) is 36.9 Å². The molecule has 106 valence electrons. The molecule has 0 saturated heterocycles. The molecule has 0 bridgehead atoms. The van der Waals surface area contributed by atoms with Crippen molar-refractivity contribution in [3.63, 3.8) is 0 Å². The Kier molecular flexibility index (Phi) is 3.89. The topological polar surface area (TPSA) is 85.6 Å². The highest BCUT2D eigenvalue weighted by Crippen LogP contribution is 2.27. The van der Waals surface area contributed by atoms with Crippen LogP contribution in [-0.2, 0) is 11.3 Å². The molecule has 9 heteroatoms. The normalized spacial score (nSPS) is 10.5. The molecule has 0 aliphatic rings. The molecule has 0 aliphatic carbocycles. The number of carbonyl (C=O) groups is 1. The molecule has 0 spiro atoms. The minimum absolute atomic E-state index is 0.0755. The maximum atomic E-state index is 11.8. The third-order valence-electron chi connectivity index (χ3n) is 2.52. The number of benzene rings is 1. The van der Waals surface area contributed by atoms with Crippen LogP contribution in [0.4, 0.5) is 5.13 Å². The second-order valence-corrected chi connectivity index (χ2v) is 5.48. The van der Waals surface area contributed by atoms with Gasteiger partial charge in [0.05, 0.1) is 0 Å². The largest absolute Gasteiger partial charge is 0.299 e. The highest BCUT2D eigenvalue weighted by atomic mass is 35.5. The second-order valence-electron chi connectivity index (χ2n) is 4.06. The Labute approximate surface area is 128 Å². The van der Waals surface area contributed by atoms with Crippen LogP contribution in [0.1, 0.15) is 0 Å². The van der Waals surface area contributed by atoms with Gasteiger partial charge in [0.25, 0.3) is 0 Å². The van der Waals surface area contributed by atoms with Gasteiger partial charge in [-0.1, -0.05) is 35.1 Å². The zero-order chi connectivity index (χ0) is 14.7. The van der Waals surface area contributed by atoms with E-state index in [1.54, 1.807) is 12.1 Å². The van der Waals surface area contributed by atoms with Crippen LogP contribution >= 0.6 is 22.9 Å². The van der Waals surface area contributed by atoms with Crippen LogP contribution in [0.25, 0.3) is 10.6 Å². The Morgan fingerprint density at radius 2 is 2.29 bits per heavy atom. The van der Waals surface area contributed by atoms with Crippen molar-refractivity contribution in [1.82, 2.24) is 25.0 Å². The van der Waals surface area contributed by atoms with E-state index in [-0.39, 0.29) is 12.5 Å². The average Bonchev–Trinajstić information content (AvgIpc) is 3.10. The van der Waals surface area contributed by atoms with E-state index in [0.29, 0.717) is 15.2 Å². The first-order valence-corrected chi connectivity index (χ1v) is 7.12. The summed E-state index contributed by atoms with van der Waals surface area (Å²) in [6.07, 6.45) is 2.84. The number of carbonyl (C=O) groups excluding carboxylic acids is 1. The van der Waals surface area contributed by atoms with Crippen molar-refractivity contribution in [2.75, 3.05) is 5.32 Å². The fourth-order valence-electron chi connectivity index (χ4n) is 1.63.